The van der Waals surface area contributed by atoms with Gasteiger partial charge in [0, 0.05) is 31.2 Å². The van der Waals surface area contributed by atoms with E-state index in [1.807, 2.05) is 0 Å². The van der Waals surface area contributed by atoms with E-state index in [4.69, 9.17) is 4.74 Å². The van der Waals surface area contributed by atoms with Crippen molar-refractivity contribution in [2.24, 2.45) is 0 Å². The molecule has 0 saturated carbocycles. The lowest BCUT2D eigenvalue weighted by Crippen LogP contribution is -2.52. The first-order chi connectivity index (χ1) is 9.47. The van der Waals surface area contributed by atoms with Crippen molar-refractivity contribution in [3.63, 3.8) is 0 Å². The molecular weight excluding hydrogens is 248 g/mol. The first-order valence-corrected chi connectivity index (χ1v) is 7.61. The molecule has 0 aromatic heterocycles. The van der Waals surface area contributed by atoms with Crippen LogP contribution in [0.3, 0.4) is 0 Å². The van der Waals surface area contributed by atoms with Crippen LogP contribution < -0.4 is 5.32 Å². The van der Waals surface area contributed by atoms with Crippen LogP contribution in [-0.2, 0) is 17.8 Å². The standard InChI is InChI=1S/C17H28N2O/c1-14(2)18-11-15-6-5-7-16(10-15)12-19-8-9-20-13-17(19,3)4/h5-7,10,14,18H,8-9,11-13H2,1-4H3. The average Bonchev–Trinajstić information content (AvgIpc) is 2.39. The number of nitrogens with one attached hydrogen (secondary N) is 1. The third-order valence-electron chi connectivity index (χ3n) is 3.90. The quantitative estimate of drug-likeness (QED) is 0.895. The molecule has 1 aliphatic heterocycles. The van der Waals surface area contributed by atoms with Crippen LogP contribution in [0.15, 0.2) is 24.3 Å². The molecule has 3 heteroatoms. The van der Waals surface area contributed by atoms with Gasteiger partial charge in [-0.15, -0.1) is 0 Å². The lowest BCUT2D eigenvalue weighted by molar-refractivity contribution is -0.0552. The minimum absolute atomic E-state index is 0.129. The molecule has 112 valence electrons. The van der Waals surface area contributed by atoms with Crippen LogP contribution in [0.2, 0.25) is 0 Å². The Bertz CT molecular complexity index is 429. The molecule has 20 heavy (non-hydrogen) atoms. The van der Waals surface area contributed by atoms with Gasteiger partial charge in [0.15, 0.2) is 0 Å². The number of morpholine rings is 1. The molecule has 1 heterocycles. The van der Waals surface area contributed by atoms with Crippen LogP contribution in [0.4, 0.5) is 0 Å². The van der Waals surface area contributed by atoms with Crippen LogP contribution in [0, 0.1) is 0 Å². The summed E-state index contributed by atoms with van der Waals surface area (Å²) in [6, 6.07) is 9.44. The Hall–Kier alpha value is -0.900. The molecule has 0 radical (unpaired) electrons. The summed E-state index contributed by atoms with van der Waals surface area (Å²) in [5, 5.41) is 3.48. The van der Waals surface area contributed by atoms with Crippen molar-refractivity contribution in [2.45, 2.75) is 52.4 Å². The van der Waals surface area contributed by atoms with Crippen molar-refractivity contribution in [2.75, 3.05) is 19.8 Å². The zero-order valence-corrected chi connectivity index (χ0v) is 13.3. The summed E-state index contributed by atoms with van der Waals surface area (Å²) in [6.07, 6.45) is 0. The summed E-state index contributed by atoms with van der Waals surface area (Å²) in [4.78, 5) is 2.52. The summed E-state index contributed by atoms with van der Waals surface area (Å²) >= 11 is 0. The highest BCUT2D eigenvalue weighted by Crippen LogP contribution is 2.21. The molecule has 0 spiro atoms. The molecule has 0 amide bonds. The number of hydrogen-bond donors (Lipinski definition) is 1. The summed E-state index contributed by atoms with van der Waals surface area (Å²) in [5.41, 5.74) is 2.88. The zero-order chi connectivity index (χ0) is 14.6. The van der Waals surface area contributed by atoms with Gasteiger partial charge in [-0.1, -0.05) is 38.1 Å². The second kappa shape index (κ2) is 6.70. The van der Waals surface area contributed by atoms with Gasteiger partial charge < -0.3 is 10.1 Å². The van der Waals surface area contributed by atoms with Crippen LogP contribution in [-0.4, -0.2) is 36.2 Å². The maximum absolute atomic E-state index is 5.59. The van der Waals surface area contributed by atoms with E-state index < -0.39 is 0 Å². The second-order valence-electron chi connectivity index (χ2n) is 6.64. The Balaban J connectivity index is 2.00. The lowest BCUT2D eigenvalue weighted by atomic mass is 10.0. The Morgan fingerprint density at radius 1 is 1.30 bits per heavy atom. The van der Waals surface area contributed by atoms with Gasteiger partial charge in [-0.05, 0) is 25.0 Å². The first-order valence-electron chi connectivity index (χ1n) is 7.61. The average molecular weight is 276 g/mol. The molecule has 0 aliphatic carbocycles. The van der Waals surface area contributed by atoms with Crippen molar-refractivity contribution in [1.29, 1.82) is 0 Å². The Labute approximate surface area is 123 Å². The van der Waals surface area contributed by atoms with Crippen LogP contribution in [0.25, 0.3) is 0 Å². The topological polar surface area (TPSA) is 24.5 Å². The molecule has 2 rings (SSSR count). The fraction of sp³-hybridized carbons (Fsp3) is 0.647. The fourth-order valence-electron chi connectivity index (χ4n) is 2.56. The predicted molar refractivity (Wildman–Crippen MR) is 83.7 cm³/mol. The SMILES string of the molecule is CC(C)NCc1cccc(CN2CCOCC2(C)C)c1. The van der Waals surface area contributed by atoms with Gasteiger partial charge in [0.2, 0.25) is 0 Å². The van der Waals surface area contributed by atoms with E-state index in [2.05, 4.69) is 62.2 Å². The third-order valence-corrected chi connectivity index (χ3v) is 3.90. The van der Waals surface area contributed by atoms with E-state index in [9.17, 15) is 0 Å². The molecule has 1 aromatic carbocycles. The molecule has 3 nitrogen and oxygen atoms in total. The van der Waals surface area contributed by atoms with Gasteiger partial charge in [0.25, 0.3) is 0 Å². The molecular formula is C17H28N2O. The Kier molecular flexibility index (Phi) is 5.19. The van der Waals surface area contributed by atoms with Crippen molar-refractivity contribution >= 4 is 0 Å². The molecule has 1 saturated heterocycles. The first kappa shape index (κ1) is 15.5. The summed E-state index contributed by atoms with van der Waals surface area (Å²) in [6.45, 7) is 13.5. The molecule has 1 fully saturated rings. The van der Waals surface area contributed by atoms with Crippen molar-refractivity contribution < 1.29 is 4.74 Å². The fourth-order valence-corrected chi connectivity index (χ4v) is 2.56. The van der Waals surface area contributed by atoms with Crippen LogP contribution in [0.1, 0.15) is 38.8 Å². The van der Waals surface area contributed by atoms with Crippen molar-refractivity contribution in [3.8, 4) is 0 Å². The van der Waals surface area contributed by atoms with Gasteiger partial charge in [0.1, 0.15) is 0 Å². The van der Waals surface area contributed by atoms with E-state index in [0.29, 0.717) is 6.04 Å². The predicted octanol–water partition coefficient (Wildman–Crippen LogP) is 2.80. The summed E-state index contributed by atoms with van der Waals surface area (Å²) in [7, 11) is 0. The number of rotatable bonds is 5. The summed E-state index contributed by atoms with van der Waals surface area (Å²) < 4.78 is 5.59. The number of benzene rings is 1. The smallest absolute Gasteiger partial charge is 0.0645 e. The molecule has 0 unspecified atom stereocenters. The normalized spacial score (nSPS) is 19.4. The number of ether oxygens (including phenoxy) is 1. The van der Waals surface area contributed by atoms with E-state index >= 15 is 0 Å². The third kappa shape index (κ3) is 4.30. The number of nitrogens with zero attached hydrogens (tertiary/aromatic N) is 1. The highest BCUT2D eigenvalue weighted by molar-refractivity contribution is 5.23. The van der Waals surface area contributed by atoms with Crippen molar-refractivity contribution in [1.82, 2.24) is 10.2 Å². The Morgan fingerprint density at radius 3 is 2.75 bits per heavy atom. The van der Waals surface area contributed by atoms with E-state index in [1.165, 1.54) is 11.1 Å². The van der Waals surface area contributed by atoms with E-state index in [0.717, 1.165) is 32.8 Å². The molecule has 1 aromatic rings. The van der Waals surface area contributed by atoms with Crippen molar-refractivity contribution in [3.05, 3.63) is 35.4 Å². The van der Waals surface area contributed by atoms with Gasteiger partial charge >= 0.3 is 0 Å². The van der Waals surface area contributed by atoms with Gasteiger partial charge in [-0.3, -0.25) is 4.90 Å². The molecule has 0 bridgehead atoms. The van der Waals surface area contributed by atoms with E-state index in [-0.39, 0.29) is 5.54 Å². The molecule has 1 N–H and O–H groups in total. The van der Waals surface area contributed by atoms with Gasteiger partial charge in [0.05, 0.1) is 13.2 Å². The minimum atomic E-state index is 0.129. The molecule has 0 atom stereocenters. The number of hydrogen-bond acceptors (Lipinski definition) is 3. The highest BCUT2D eigenvalue weighted by Gasteiger charge is 2.30. The monoisotopic (exact) mass is 276 g/mol. The lowest BCUT2D eigenvalue weighted by Gasteiger charge is -2.42. The molecule has 1 aliphatic rings. The minimum Gasteiger partial charge on any atom is -0.378 e. The van der Waals surface area contributed by atoms with Gasteiger partial charge in [-0.2, -0.15) is 0 Å². The second-order valence-corrected chi connectivity index (χ2v) is 6.64. The van der Waals surface area contributed by atoms with E-state index in [1.54, 1.807) is 0 Å². The van der Waals surface area contributed by atoms with Gasteiger partial charge in [-0.25, -0.2) is 0 Å². The van der Waals surface area contributed by atoms with Crippen LogP contribution >= 0.6 is 0 Å². The van der Waals surface area contributed by atoms with Crippen LogP contribution in [0.5, 0.6) is 0 Å². The largest absolute Gasteiger partial charge is 0.378 e. The zero-order valence-electron chi connectivity index (χ0n) is 13.3. The summed E-state index contributed by atoms with van der Waals surface area (Å²) in [5.74, 6) is 0. The highest BCUT2D eigenvalue weighted by atomic mass is 16.5. The Morgan fingerprint density at radius 2 is 2.05 bits per heavy atom. The maximum atomic E-state index is 5.59. The maximum Gasteiger partial charge on any atom is 0.0645 e.